The Balaban J connectivity index is 1.91. The summed E-state index contributed by atoms with van der Waals surface area (Å²) in [4.78, 5) is 16.4. The second-order valence-electron chi connectivity index (χ2n) is 5.34. The van der Waals surface area contributed by atoms with E-state index >= 15 is 0 Å². The number of carbonyl (C=O) groups excluding carboxylic acids is 1. The number of carbonyl (C=O) groups is 1. The molecule has 0 spiro atoms. The van der Waals surface area contributed by atoms with Crippen molar-refractivity contribution in [3.8, 4) is 0 Å². The molecule has 0 amide bonds. The van der Waals surface area contributed by atoms with Crippen molar-refractivity contribution >= 4 is 16.6 Å². The zero-order chi connectivity index (χ0) is 14.2. The van der Waals surface area contributed by atoms with Gasteiger partial charge in [0.05, 0.1) is 0 Å². The van der Waals surface area contributed by atoms with E-state index in [4.69, 9.17) is 0 Å². The molecule has 1 aromatic carbocycles. The largest absolute Gasteiger partial charge is 0.294 e. The number of rotatable bonds is 8. The predicted octanol–water partition coefficient (Wildman–Crippen LogP) is 5.17. The number of nitrogens with zero attached hydrogens (tertiary/aromatic N) is 1. The van der Waals surface area contributed by atoms with Crippen molar-refractivity contribution in [3.05, 3.63) is 42.2 Å². The average Bonchev–Trinajstić information content (AvgIpc) is 2.50. The topological polar surface area (TPSA) is 30.0 Å². The van der Waals surface area contributed by atoms with E-state index in [1.165, 1.54) is 25.7 Å². The molecular weight excluding hydrogens is 246 g/mol. The highest BCUT2D eigenvalue weighted by Crippen LogP contribution is 2.20. The lowest BCUT2D eigenvalue weighted by Gasteiger charge is -2.05. The first kappa shape index (κ1) is 14.7. The van der Waals surface area contributed by atoms with Crippen LogP contribution in [0.4, 0.5) is 0 Å². The Morgan fingerprint density at radius 3 is 2.70 bits per heavy atom. The van der Waals surface area contributed by atoms with Crippen LogP contribution in [0.3, 0.4) is 0 Å². The highest BCUT2D eigenvalue weighted by atomic mass is 16.1. The third-order valence-electron chi connectivity index (χ3n) is 3.74. The Morgan fingerprint density at radius 1 is 1.05 bits per heavy atom. The van der Waals surface area contributed by atoms with Gasteiger partial charge in [-0.15, -0.1) is 0 Å². The number of hydrogen-bond acceptors (Lipinski definition) is 2. The molecule has 2 aromatic rings. The van der Waals surface area contributed by atoms with Crippen LogP contribution in [0.15, 0.2) is 36.7 Å². The average molecular weight is 269 g/mol. The van der Waals surface area contributed by atoms with Crippen molar-refractivity contribution in [3.63, 3.8) is 0 Å². The number of Topliss-reactive ketones (excluding diaryl/α,β-unsaturated/α-hetero) is 1. The first-order chi connectivity index (χ1) is 9.83. The van der Waals surface area contributed by atoms with E-state index in [2.05, 4.69) is 11.9 Å². The van der Waals surface area contributed by atoms with Crippen molar-refractivity contribution < 1.29 is 4.79 Å². The lowest BCUT2D eigenvalue weighted by Crippen LogP contribution is -2.00. The Bertz CT molecular complexity index is 557. The van der Waals surface area contributed by atoms with E-state index in [1.54, 1.807) is 6.20 Å². The van der Waals surface area contributed by atoms with E-state index < -0.39 is 0 Å². The first-order valence-electron chi connectivity index (χ1n) is 7.69. The minimum Gasteiger partial charge on any atom is -0.294 e. The van der Waals surface area contributed by atoms with Gasteiger partial charge in [0, 0.05) is 29.8 Å². The van der Waals surface area contributed by atoms with Crippen molar-refractivity contribution in [2.75, 3.05) is 0 Å². The van der Waals surface area contributed by atoms with Gasteiger partial charge < -0.3 is 0 Å². The van der Waals surface area contributed by atoms with Crippen LogP contribution in [0.25, 0.3) is 10.8 Å². The molecule has 0 bridgehead atoms. The van der Waals surface area contributed by atoms with E-state index in [-0.39, 0.29) is 5.78 Å². The van der Waals surface area contributed by atoms with Crippen molar-refractivity contribution in [2.24, 2.45) is 0 Å². The van der Waals surface area contributed by atoms with Gasteiger partial charge in [-0.1, -0.05) is 57.2 Å². The monoisotopic (exact) mass is 269 g/mol. The van der Waals surface area contributed by atoms with Gasteiger partial charge in [0.1, 0.15) is 0 Å². The van der Waals surface area contributed by atoms with Crippen molar-refractivity contribution in [1.82, 2.24) is 4.98 Å². The summed E-state index contributed by atoms with van der Waals surface area (Å²) in [7, 11) is 0. The van der Waals surface area contributed by atoms with Gasteiger partial charge in [0.25, 0.3) is 0 Å². The Labute approximate surface area is 121 Å². The van der Waals surface area contributed by atoms with E-state index in [0.29, 0.717) is 6.42 Å². The molecule has 0 saturated heterocycles. The molecule has 2 heteroatoms. The smallest absolute Gasteiger partial charge is 0.163 e. The minimum absolute atomic E-state index is 0.261. The van der Waals surface area contributed by atoms with Crippen LogP contribution in [-0.2, 0) is 0 Å². The van der Waals surface area contributed by atoms with E-state index in [0.717, 1.165) is 29.2 Å². The lowest BCUT2D eigenvalue weighted by molar-refractivity contribution is 0.0980. The zero-order valence-corrected chi connectivity index (χ0v) is 12.3. The highest BCUT2D eigenvalue weighted by Gasteiger charge is 2.09. The molecule has 1 aromatic heterocycles. The predicted molar refractivity (Wildman–Crippen MR) is 84.1 cm³/mol. The fraction of sp³-hybridized carbons (Fsp3) is 0.444. The fourth-order valence-electron chi connectivity index (χ4n) is 2.57. The first-order valence-corrected chi connectivity index (χ1v) is 7.69. The Kier molecular flexibility index (Phi) is 5.72. The second-order valence-corrected chi connectivity index (χ2v) is 5.34. The van der Waals surface area contributed by atoms with Gasteiger partial charge in [-0.3, -0.25) is 9.78 Å². The molecule has 0 atom stereocenters. The van der Waals surface area contributed by atoms with Crippen LogP contribution in [0.1, 0.15) is 62.2 Å². The van der Waals surface area contributed by atoms with Crippen LogP contribution in [0.5, 0.6) is 0 Å². The van der Waals surface area contributed by atoms with Crippen LogP contribution < -0.4 is 0 Å². The number of hydrogen-bond donors (Lipinski definition) is 0. The number of pyridine rings is 1. The molecule has 0 aliphatic rings. The summed E-state index contributed by atoms with van der Waals surface area (Å²) in [6, 6.07) is 7.81. The molecule has 0 aliphatic carbocycles. The Morgan fingerprint density at radius 2 is 1.85 bits per heavy atom. The summed E-state index contributed by atoms with van der Waals surface area (Å²) < 4.78 is 0. The van der Waals surface area contributed by atoms with Crippen LogP contribution in [0.2, 0.25) is 0 Å². The quantitative estimate of drug-likeness (QED) is 0.489. The summed E-state index contributed by atoms with van der Waals surface area (Å²) in [6.45, 7) is 2.22. The molecule has 2 rings (SSSR count). The SMILES string of the molecule is CCCCCCCCC(=O)c1cccc2cnccc12. The van der Waals surface area contributed by atoms with Crippen LogP contribution in [0, 0.1) is 0 Å². The fourth-order valence-corrected chi connectivity index (χ4v) is 2.57. The van der Waals surface area contributed by atoms with Crippen molar-refractivity contribution in [2.45, 2.75) is 51.9 Å². The van der Waals surface area contributed by atoms with Gasteiger partial charge in [-0.25, -0.2) is 0 Å². The lowest BCUT2D eigenvalue weighted by atomic mass is 9.99. The van der Waals surface area contributed by atoms with Crippen LogP contribution >= 0.6 is 0 Å². The standard InChI is InChI=1S/C18H23NO/c1-2-3-4-5-6-7-11-18(20)17-10-8-9-15-14-19-13-12-16(15)17/h8-10,12-14H,2-7,11H2,1H3. The summed E-state index contributed by atoms with van der Waals surface area (Å²) in [6.07, 6.45) is 11.5. The van der Waals surface area contributed by atoms with Crippen LogP contribution in [-0.4, -0.2) is 10.8 Å². The molecule has 0 unspecified atom stereocenters. The van der Waals surface area contributed by atoms with Gasteiger partial charge >= 0.3 is 0 Å². The third kappa shape index (κ3) is 3.89. The molecule has 20 heavy (non-hydrogen) atoms. The third-order valence-corrected chi connectivity index (χ3v) is 3.74. The summed E-state index contributed by atoms with van der Waals surface area (Å²) in [5.74, 6) is 0.261. The number of unbranched alkanes of at least 4 members (excludes halogenated alkanes) is 5. The summed E-state index contributed by atoms with van der Waals surface area (Å²) >= 11 is 0. The molecule has 0 saturated carbocycles. The molecule has 106 valence electrons. The van der Waals surface area contributed by atoms with E-state index in [1.807, 2.05) is 30.5 Å². The maximum Gasteiger partial charge on any atom is 0.163 e. The molecule has 0 radical (unpaired) electrons. The number of ketones is 1. The summed E-state index contributed by atoms with van der Waals surface area (Å²) in [5, 5.41) is 2.07. The number of aromatic nitrogens is 1. The maximum absolute atomic E-state index is 12.3. The normalized spacial score (nSPS) is 10.8. The minimum atomic E-state index is 0.261. The molecule has 1 heterocycles. The van der Waals surface area contributed by atoms with Gasteiger partial charge in [0.15, 0.2) is 5.78 Å². The summed E-state index contributed by atoms with van der Waals surface area (Å²) in [5.41, 5.74) is 0.846. The maximum atomic E-state index is 12.3. The zero-order valence-electron chi connectivity index (χ0n) is 12.3. The molecular formula is C18H23NO. The number of benzene rings is 1. The molecule has 0 fully saturated rings. The van der Waals surface area contributed by atoms with Gasteiger partial charge in [0.2, 0.25) is 0 Å². The van der Waals surface area contributed by atoms with Crippen molar-refractivity contribution in [1.29, 1.82) is 0 Å². The van der Waals surface area contributed by atoms with Gasteiger partial charge in [-0.2, -0.15) is 0 Å². The molecule has 2 nitrogen and oxygen atoms in total. The second kappa shape index (κ2) is 7.78. The van der Waals surface area contributed by atoms with E-state index in [9.17, 15) is 4.79 Å². The highest BCUT2D eigenvalue weighted by molar-refractivity contribution is 6.07. The Hall–Kier alpha value is -1.70. The number of fused-ring (bicyclic) bond motifs is 1. The molecule has 0 aliphatic heterocycles. The molecule has 0 N–H and O–H groups in total. The van der Waals surface area contributed by atoms with Gasteiger partial charge in [-0.05, 0) is 17.9 Å².